The van der Waals surface area contributed by atoms with Crippen molar-refractivity contribution in [2.45, 2.75) is 65.2 Å². The maximum absolute atomic E-state index is 11.6. The first-order valence-corrected chi connectivity index (χ1v) is 6.81. The maximum atomic E-state index is 11.6. The fraction of sp³-hybridized carbons (Fsp3) is 0.929. The third-order valence-corrected chi connectivity index (χ3v) is 3.51. The average molecular weight is 257 g/mol. The third kappa shape index (κ3) is 3.69. The zero-order valence-corrected chi connectivity index (χ0v) is 12.6. The Labute approximate surface area is 111 Å². The maximum Gasteiger partial charge on any atom is 0.320 e. The largest absolute Gasteiger partial charge is 0.465 e. The molecule has 0 radical (unpaired) electrons. The van der Waals surface area contributed by atoms with Gasteiger partial charge in [-0.3, -0.25) is 9.69 Å². The van der Waals surface area contributed by atoms with Crippen molar-refractivity contribution < 1.29 is 14.3 Å². The lowest BCUT2D eigenvalue weighted by Crippen LogP contribution is -2.48. The van der Waals surface area contributed by atoms with Crippen molar-refractivity contribution in [3.63, 3.8) is 0 Å². The minimum atomic E-state index is -0.230. The SMILES string of the molecule is CCOC(=O)CN(CC)C1CC(C)(C)OC1(C)C. The van der Waals surface area contributed by atoms with E-state index in [1.807, 2.05) is 6.92 Å². The number of rotatable bonds is 5. The fourth-order valence-electron chi connectivity index (χ4n) is 2.92. The Morgan fingerprint density at radius 1 is 1.33 bits per heavy atom. The highest BCUT2D eigenvalue weighted by Crippen LogP contribution is 2.39. The zero-order chi connectivity index (χ0) is 14.0. The molecule has 1 aliphatic rings. The van der Waals surface area contributed by atoms with Gasteiger partial charge < -0.3 is 9.47 Å². The molecular formula is C14H27NO3. The minimum Gasteiger partial charge on any atom is -0.465 e. The lowest BCUT2D eigenvalue weighted by molar-refractivity contribution is -0.146. The molecule has 1 heterocycles. The Balaban J connectivity index is 2.73. The molecule has 18 heavy (non-hydrogen) atoms. The van der Waals surface area contributed by atoms with E-state index in [1.54, 1.807) is 0 Å². The molecule has 0 aromatic heterocycles. The van der Waals surface area contributed by atoms with E-state index in [2.05, 4.69) is 39.5 Å². The molecule has 0 amide bonds. The van der Waals surface area contributed by atoms with Crippen LogP contribution in [0.5, 0.6) is 0 Å². The second-order valence-corrected chi connectivity index (χ2v) is 6.05. The normalized spacial score (nSPS) is 25.4. The molecule has 1 unspecified atom stereocenters. The molecule has 1 aliphatic heterocycles. The van der Waals surface area contributed by atoms with Crippen molar-refractivity contribution in [3.05, 3.63) is 0 Å². The number of likely N-dealkylation sites (N-methyl/N-ethyl adjacent to an activating group) is 1. The van der Waals surface area contributed by atoms with Gasteiger partial charge in [0.2, 0.25) is 0 Å². The zero-order valence-electron chi connectivity index (χ0n) is 12.6. The number of carbonyl (C=O) groups is 1. The van der Waals surface area contributed by atoms with Crippen molar-refractivity contribution in [1.29, 1.82) is 0 Å². The van der Waals surface area contributed by atoms with Gasteiger partial charge in [0.05, 0.1) is 24.4 Å². The van der Waals surface area contributed by atoms with Gasteiger partial charge in [-0.1, -0.05) is 6.92 Å². The van der Waals surface area contributed by atoms with E-state index in [1.165, 1.54) is 0 Å². The molecule has 0 aliphatic carbocycles. The summed E-state index contributed by atoms with van der Waals surface area (Å²) in [7, 11) is 0. The first-order chi connectivity index (χ1) is 8.22. The summed E-state index contributed by atoms with van der Waals surface area (Å²) in [5.41, 5.74) is -0.359. The summed E-state index contributed by atoms with van der Waals surface area (Å²) < 4.78 is 11.1. The van der Waals surface area contributed by atoms with Gasteiger partial charge in [-0.25, -0.2) is 0 Å². The van der Waals surface area contributed by atoms with E-state index in [-0.39, 0.29) is 23.2 Å². The van der Waals surface area contributed by atoms with E-state index >= 15 is 0 Å². The molecule has 1 rings (SSSR count). The van der Waals surface area contributed by atoms with Crippen LogP contribution in [0.25, 0.3) is 0 Å². The molecule has 106 valence electrons. The highest BCUT2D eigenvalue weighted by Gasteiger charge is 2.48. The van der Waals surface area contributed by atoms with Crippen LogP contribution in [-0.2, 0) is 14.3 Å². The lowest BCUT2D eigenvalue weighted by Gasteiger charge is -2.34. The van der Waals surface area contributed by atoms with Crippen LogP contribution in [0.3, 0.4) is 0 Å². The van der Waals surface area contributed by atoms with Gasteiger partial charge in [0, 0.05) is 6.04 Å². The van der Waals surface area contributed by atoms with Crippen LogP contribution < -0.4 is 0 Å². The van der Waals surface area contributed by atoms with E-state index in [0.29, 0.717) is 13.2 Å². The van der Waals surface area contributed by atoms with Gasteiger partial charge in [0.25, 0.3) is 0 Å². The molecule has 0 bridgehead atoms. The smallest absolute Gasteiger partial charge is 0.320 e. The van der Waals surface area contributed by atoms with Crippen molar-refractivity contribution in [2.24, 2.45) is 0 Å². The summed E-state index contributed by atoms with van der Waals surface area (Å²) in [5, 5.41) is 0. The number of carbonyl (C=O) groups excluding carboxylic acids is 1. The summed E-state index contributed by atoms with van der Waals surface area (Å²) in [4.78, 5) is 13.8. The van der Waals surface area contributed by atoms with Crippen molar-refractivity contribution in [1.82, 2.24) is 4.90 Å². The van der Waals surface area contributed by atoms with Gasteiger partial charge in [0.1, 0.15) is 0 Å². The topological polar surface area (TPSA) is 38.8 Å². The third-order valence-electron chi connectivity index (χ3n) is 3.51. The summed E-state index contributed by atoms with van der Waals surface area (Å²) in [5.74, 6) is -0.153. The van der Waals surface area contributed by atoms with Crippen LogP contribution in [0.1, 0.15) is 48.0 Å². The number of hydrogen-bond acceptors (Lipinski definition) is 4. The van der Waals surface area contributed by atoms with Crippen LogP contribution in [0.4, 0.5) is 0 Å². The van der Waals surface area contributed by atoms with Crippen molar-refractivity contribution >= 4 is 5.97 Å². The number of nitrogens with zero attached hydrogens (tertiary/aromatic N) is 1. The van der Waals surface area contributed by atoms with Crippen molar-refractivity contribution in [3.8, 4) is 0 Å². The number of hydrogen-bond donors (Lipinski definition) is 0. The van der Waals surface area contributed by atoms with Crippen LogP contribution >= 0.6 is 0 Å². The van der Waals surface area contributed by atoms with Crippen LogP contribution in [-0.4, -0.2) is 47.8 Å². The Morgan fingerprint density at radius 2 is 1.94 bits per heavy atom. The highest BCUT2D eigenvalue weighted by atomic mass is 16.5. The highest BCUT2D eigenvalue weighted by molar-refractivity contribution is 5.71. The lowest BCUT2D eigenvalue weighted by atomic mass is 9.93. The fourth-order valence-corrected chi connectivity index (χ4v) is 2.92. The first kappa shape index (κ1) is 15.4. The van der Waals surface area contributed by atoms with Gasteiger partial charge in [-0.05, 0) is 47.6 Å². The van der Waals surface area contributed by atoms with Crippen LogP contribution in [0.15, 0.2) is 0 Å². The molecular weight excluding hydrogens is 230 g/mol. The summed E-state index contributed by atoms with van der Waals surface area (Å²) in [6.45, 7) is 13.9. The van der Waals surface area contributed by atoms with Gasteiger partial charge >= 0.3 is 5.97 Å². The molecule has 0 aromatic rings. The van der Waals surface area contributed by atoms with Crippen molar-refractivity contribution in [2.75, 3.05) is 19.7 Å². The Bertz CT molecular complexity index is 299. The second-order valence-electron chi connectivity index (χ2n) is 6.05. The predicted octanol–water partition coefficient (Wildman–Crippen LogP) is 2.22. The van der Waals surface area contributed by atoms with E-state index in [0.717, 1.165) is 13.0 Å². The Hall–Kier alpha value is -0.610. The second kappa shape index (κ2) is 5.57. The summed E-state index contributed by atoms with van der Waals surface area (Å²) in [6, 6.07) is 0.252. The van der Waals surface area contributed by atoms with Gasteiger partial charge in [-0.15, -0.1) is 0 Å². The van der Waals surface area contributed by atoms with E-state index in [9.17, 15) is 4.79 Å². The van der Waals surface area contributed by atoms with E-state index < -0.39 is 0 Å². The monoisotopic (exact) mass is 257 g/mol. The molecule has 4 nitrogen and oxygen atoms in total. The van der Waals surface area contributed by atoms with Crippen LogP contribution in [0, 0.1) is 0 Å². The quantitative estimate of drug-likeness (QED) is 0.708. The van der Waals surface area contributed by atoms with Gasteiger partial charge in [-0.2, -0.15) is 0 Å². The standard InChI is InChI=1S/C14H27NO3/c1-7-15(10-12(16)17-8-2)11-9-13(3,4)18-14(11,5)6/h11H,7-10H2,1-6H3. The summed E-state index contributed by atoms with van der Waals surface area (Å²) >= 11 is 0. The Morgan fingerprint density at radius 3 is 2.33 bits per heavy atom. The average Bonchev–Trinajstić information content (AvgIpc) is 2.43. The molecule has 1 atom stereocenters. The predicted molar refractivity (Wildman–Crippen MR) is 71.5 cm³/mol. The number of ether oxygens (including phenoxy) is 2. The molecule has 0 N–H and O–H groups in total. The molecule has 1 fully saturated rings. The molecule has 0 spiro atoms. The molecule has 0 aromatic carbocycles. The number of esters is 1. The first-order valence-electron chi connectivity index (χ1n) is 6.81. The summed E-state index contributed by atoms with van der Waals surface area (Å²) in [6.07, 6.45) is 0.938. The minimum absolute atomic E-state index is 0.129. The molecule has 4 heteroatoms. The molecule has 0 saturated carbocycles. The van der Waals surface area contributed by atoms with E-state index in [4.69, 9.17) is 9.47 Å². The van der Waals surface area contributed by atoms with Crippen LogP contribution in [0.2, 0.25) is 0 Å². The van der Waals surface area contributed by atoms with Gasteiger partial charge in [0.15, 0.2) is 0 Å². The molecule has 1 saturated heterocycles. The Kier molecular flexibility index (Phi) is 4.78.